The maximum Gasteiger partial charge on any atom is 0.256 e. The third kappa shape index (κ3) is 5.86. The van der Waals surface area contributed by atoms with E-state index < -0.39 is 0 Å². The molecule has 3 N–H and O–H groups in total. The molecule has 29 nitrogen and oxygen atoms in total. The fourth-order valence-electron chi connectivity index (χ4n) is 6.51. The number of nitrogens with one attached hydrogen (secondary N) is 3. The van der Waals surface area contributed by atoms with Gasteiger partial charge in [-0.05, 0) is 41.5 Å². The van der Waals surface area contributed by atoms with E-state index in [1.54, 1.807) is 55.1 Å². The fourth-order valence-corrected chi connectivity index (χ4v) is 6.51. The molecule has 0 aromatic carbocycles. The Labute approximate surface area is 349 Å². The van der Waals surface area contributed by atoms with Crippen LogP contribution in [-0.4, -0.2) is 98.7 Å². The molecule has 63 heavy (non-hydrogen) atoms. The minimum absolute atomic E-state index is 0.0118. The lowest BCUT2D eigenvalue weighted by Gasteiger charge is -2.10. The van der Waals surface area contributed by atoms with Gasteiger partial charge in [-0.2, -0.15) is 99.2 Å². The van der Waals surface area contributed by atoms with Crippen molar-refractivity contribution in [3.63, 3.8) is 0 Å². The molecule has 0 aliphatic heterocycles. The number of nitrogens with zero attached hydrogens (tertiary/aromatic N) is 26. The number of nitriles is 3. The van der Waals surface area contributed by atoms with Crippen molar-refractivity contribution in [2.75, 3.05) is 0 Å². The molecule has 0 bridgehead atoms. The molecule has 10 aromatic heterocycles. The van der Waals surface area contributed by atoms with Gasteiger partial charge in [-0.1, -0.05) is 0 Å². The number of rotatable bonds is 9. The molecule has 306 valence electrons. The molecule has 0 aliphatic rings. The molecule has 0 unspecified atom stereocenters. The third-order valence-electron chi connectivity index (χ3n) is 9.61. The number of fused-ring (bicyclic) bond motifs is 3. The van der Waals surface area contributed by atoms with E-state index >= 15 is 0 Å². The van der Waals surface area contributed by atoms with Crippen molar-refractivity contribution < 1.29 is 0 Å². The number of aromatic amines is 3. The lowest BCUT2D eigenvalue weighted by atomic mass is 10.3. The maximum atomic E-state index is 10.2. The van der Waals surface area contributed by atoms with Crippen molar-refractivity contribution >= 4 is 51.5 Å². The number of H-pyrrole nitrogens is 3. The number of hydrogen-bond acceptors (Lipinski definition) is 20. The smallest absolute Gasteiger partial charge is 0.256 e. The van der Waals surface area contributed by atoms with Gasteiger partial charge >= 0.3 is 0 Å². The molecule has 0 spiro atoms. The van der Waals surface area contributed by atoms with Crippen LogP contribution in [-0.2, 0) is 0 Å². The molecule has 0 aliphatic carbocycles. The molecule has 10 rings (SSSR count). The van der Waals surface area contributed by atoms with E-state index in [1.807, 2.05) is 0 Å². The summed E-state index contributed by atoms with van der Waals surface area (Å²) in [6.07, 6.45) is 3.85. The second kappa shape index (κ2) is 14.1. The van der Waals surface area contributed by atoms with E-state index in [9.17, 15) is 15.8 Å². The molecule has 10 aromatic rings. The highest BCUT2D eigenvalue weighted by Crippen LogP contribution is 2.33. The second-order valence-electron chi connectivity index (χ2n) is 13.6. The SMILES string of the molecule is Cc1nn2c(C)n[nH]c2c1N=Nc1c(C#N)cnn1-c1cc(-n2ncc(C#N)c2N=Nc2c(C)nn3c(C)n[nH]c23)nc(-n2ncc(C#N)c2N=Nc2c(C)nn3c(C)n[nH]c23)n1. The maximum absolute atomic E-state index is 10.2. The van der Waals surface area contributed by atoms with Gasteiger partial charge in [0.1, 0.15) is 52.4 Å². The summed E-state index contributed by atoms with van der Waals surface area (Å²) in [4.78, 5) is 9.52. The molecule has 0 fully saturated rings. The summed E-state index contributed by atoms with van der Waals surface area (Å²) in [6, 6.07) is 7.72. The molecule has 0 saturated heterocycles. The third-order valence-corrected chi connectivity index (χ3v) is 9.61. The van der Waals surface area contributed by atoms with Crippen LogP contribution in [0.4, 0.5) is 34.5 Å². The Balaban J connectivity index is 1.16. The van der Waals surface area contributed by atoms with Gasteiger partial charge in [0.25, 0.3) is 5.95 Å². The zero-order chi connectivity index (χ0) is 43.7. The molecule has 0 atom stereocenters. The predicted molar refractivity (Wildman–Crippen MR) is 211 cm³/mol. The first kappa shape index (κ1) is 37.3. The quantitative estimate of drug-likeness (QED) is 0.163. The fraction of sp³-hybridized carbons (Fsp3) is 0.176. The lowest BCUT2D eigenvalue weighted by molar-refractivity contribution is 0.746. The normalized spacial score (nSPS) is 12.0. The van der Waals surface area contributed by atoms with Gasteiger partial charge in [-0.15, -0.1) is 30.7 Å². The molecular weight excluding hydrogens is 815 g/mol. The summed E-state index contributed by atoms with van der Waals surface area (Å²) in [5.74, 6) is 1.54. The molecule has 0 amide bonds. The molecule has 29 heteroatoms. The van der Waals surface area contributed by atoms with Crippen LogP contribution in [0.2, 0.25) is 0 Å². The van der Waals surface area contributed by atoms with Crippen LogP contribution in [0.1, 0.15) is 51.2 Å². The van der Waals surface area contributed by atoms with Crippen LogP contribution >= 0.6 is 0 Å². The first-order valence-electron chi connectivity index (χ1n) is 18.4. The molecule has 0 radical (unpaired) electrons. The highest BCUT2D eigenvalue weighted by Gasteiger charge is 2.24. The first-order valence-corrected chi connectivity index (χ1v) is 18.4. The van der Waals surface area contributed by atoms with Crippen LogP contribution < -0.4 is 0 Å². The Morgan fingerprint density at radius 3 is 1.16 bits per heavy atom. The Morgan fingerprint density at radius 2 is 0.810 bits per heavy atom. The van der Waals surface area contributed by atoms with Gasteiger partial charge in [-0.25, -0.2) is 0 Å². The van der Waals surface area contributed by atoms with Crippen LogP contribution in [0.3, 0.4) is 0 Å². The molecular formula is C34H25N29. The van der Waals surface area contributed by atoms with Crippen LogP contribution in [0, 0.1) is 75.5 Å². The zero-order valence-electron chi connectivity index (χ0n) is 33.4. The minimum atomic E-state index is -0.176. The average Bonchev–Trinajstić information content (AvgIpc) is 4.16. The van der Waals surface area contributed by atoms with E-state index in [4.69, 9.17) is 9.97 Å². The number of hydrogen-bond donors (Lipinski definition) is 3. The van der Waals surface area contributed by atoms with Gasteiger partial charge in [0.05, 0.1) is 35.7 Å². The summed E-state index contributed by atoms with van der Waals surface area (Å²) in [7, 11) is 0. The standard InChI is InChI=1S/C34H25N29/c1-14-25(31-52-43-17(4)58(31)55-14)46-49-28-20(8-35)11-38-61(28)23-7-24(62-29(21(9-36)12-39-62)50-47-26-15(2)56-59-18(5)44-53-32(26)59)42-34(41-23)63-30(22(10-37)13-40-63)51-48-27-16(3)57-60-19(6)45-54-33(27)60/h7,11-13,52-54H,1-6H3. The van der Waals surface area contributed by atoms with Crippen LogP contribution in [0.15, 0.2) is 55.3 Å². The summed E-state index contributed by atoms with van der Waals surface area (Å²) in [5, 5.41) is 105. The van der Waals surface area contributed by atoms with Gasteiger partial charge in [0, 0.05) is 6.07 Å². The monoisotopic (exact) mass is 839 g/mol. The van der Waals surface area contributed by atoms with Crippen LogP contribution in [0.25, 0.3) is 34.5 Å². The summed E-state index contributed by atoms with van der Waals surface area (Å²) in [6.45, 7) is 10.6. The summed E-state index contributed by atoms with van der Waals surface area (Å²) < 4.78 is 8.41. The molecule has 10 heterocycles. The van der Waals surface area contributed by atoms with E-state index in [1.165, 1.54) is 38.7 Å². The Bertz CT molecular complexity index is 3300. The van der Waals surface area contributed by atoms with Crippen molar-refractivity contribution in [3.8, 4) is 35.8 Å². The number of aromatic nitrogens is 20. The summed E-state index contributed by atoms with van der Waals surface area (Å²) >= 11 is 0. The van der Waals surface area contributed by atoms with Crippen LogP contribution in [0.5, 0.6) is 0 Å². The van der Waals surface area contributed by atoms with Crippen molar-refractivity contribution in [3.05, 3.63) is 75.9 Å². The Kier molecular flexibility index (Phi) is 8.34. The van der Waals surface area contributed by atoms with Gasteiger partial charge in [0.15, 0.2) is 63.1 Å². The van der Waals surface area contributed by atoms with E-state index in [-0.39, 0.29) is 51.7 Å². The van der Waals surface area contributed by atoms with E-state index in [0.717, 1.165) is 0 Å². The van der Waals surface area contributed by atoms with Crippen molar-refractivity contribution in [1.82, 2.24) is 98.7 Å². The second-order valence-corrected chi connectivity index (χ2v) is 13.6. The van der Waals surface area contributed by atoms with Crippen molar-refractivity contribution in [2.45, 2.75) is 41.5 Å². The Hall–Kier alpha value is -9.98. The van der Waals surface area contributed by atoms with Gasteiger partial charge in [-0.3, -0.25) is 15.3 Å². The van der Waals surface area contributed by atoms with Crippen molar-refractivity contribution in [1.29, 1.82) is 15.8 Å². The number of aryl methyl sites for hydroxylation is 6. The molecule has 0 saturated carbocycles. The van der Waals surface area contributed by atoms with Gasteiger partial charge in [0.2, 0.25) is 0 Å². The number of azo groups is 3. The average molecular weight is 840 g/mol. The minimum Gasteiger partial charge on any atom is -0.258 e. The highest BCUT2D eigenvalue weighted by molar-refractivity contribution is 5.68. The largest absolute Gasteiger partial charge is 0.258 e. The zero-order valence-corrected chi connectivity index (χ0v) is 33.4. The topological polar surface area (TPSA) is 363 Å². The van der Waals surface area contributed by atoms with E-state index in [0.29, 0.717) is 68.6 Å². The first-order chi connectivity index (χ1) is 30.6. The predicted octanol–water partition coefficient (Wildman–Crippen LogP) is 4.86. The lowest BCUT2D eigenvalue weighted by Crippen LogP contribution is -2.11. The van der Waals surface area contributed by atoms with Crippen molar-refractivity contribution in [2.24, 2.45) is 30.7 Å². The van der Waals surface area contributed by atoms with E-state index in [2.05, 4.69) is 110 Å². The highest BCUT2D eigenvalue weighted by atomic mass is 15.5. The summed E-state index contributed by atoms with van der Waals surface area (Å²) in [5.41, 5.74) is 4.26. The van der Waals surface area contributed by atoms with Gasteiger partial charge < -0.3 is 0 Å². The Morgan fingerprint density at radius 1 is 0.476 bits per heavy atom.